The van der Waals surface area contributed by atoms with Crippen LogP contribution in [-0.2, 0) is 0 Å². The fourth-order valence-corrected chi connectivity index (χ4v) is 0.980. The van der Waals surface area contributed by atoms with E-state index < -0.39 is 0 Å². The lowest BCUT2D eigenvalue weighted by atomic mass is 10.2. The summed E-state index contributed by atoms with van der Waals surface area (Å²) in [7, 11) is 0. The van der Waals surface area contributed by atoms with E-state index in [2.05, 4.69) is 21.9 Å². The molecule has 0 saturated carbocycles. The van der Waals surface area contributed by atoms with Gasteiger partial charge >= 0.3 is 0 Å². The second-order valence-corrected chi connectivity index (χ2v) is 3.28. The summed E-state index contributed by atoms with van der Waals surface area (Å²) >= 11 is 5.62. The van der Waals surface area contributed by atoms with Gasteiger partial charge in [-0.25, -0.2) is 0 Å². The molecule has 0 aromatic carbocycles. The van der Waals surface area contributed by atoms with Gasteiger partial charge in [0.2, 0.25) is 0 Å². The van der Waals surface area contributed by atoms with Gasteiger partial charge in [-0.2, -0.15) is 0 Å². The van der Waals surface area contributed by atoms with Crippen molar-refractivity contribution in [1.82, 2.24) is 15.3 Å². The van der Waals surface area contributed by atoms with Crippen molar-refractivity contribution in [3.05, 3.63) is 35.9 Å². The molecule has 3 nitrogen and oxygen atoms in total. The fourth-order valence-electron chi connectivity index (χ4n) is 0.903. The molecule has 0 saturated heterocycles. The Labute approximate surface area is 82.9 Å². The standard InChI is InChI=1S/C9H12ClN3/c1-7(10)5-13-8(2)9-6-11-3-4-12-9/h3-4,6,8,13H,1,5H2,2H3. The lowest BCUT2D eigenvalue weighted by Crippen LogP contribution is -2.20. The molecule has 0 spiro atoms. The van der Waals surface area contributed by atoms with Crippen LogP contribution in [0.3, 0.4) is 0 Å². The first-order valence-corrected chi connectivity index (χ1v) is 4.40. The first-order valence-electron chi connectivity index (χ1n) is 4.02. The highest BCUT2D eigenvalue weighted by Gasteiger charge is 2.04. The van der Waals surface area contributed by atoms with Crippen LogP contribution in [0.5, 0.6) is 0 Å². The third-order valence-electron chi connectivity index (χ3n) is 1.63. The van der Waals surface area contributed by atoms with Gasteiger partial charge in [0.1, 0.15) is 0 Å². The van der Waals surface area contributed by atoms with Crippen LogP contribution in [0.25, 0.3) is 0 Å². The maximum absolute atomic E-state index is 5.62. The van der Waals surface area contributed by atoms with Gasteiger partial charge in [0.15, 0.2) is 0 Å². The molecule has 0 radical (unpaired) electrons. The van der Waals surface area contributed by atoms with Gasteiger partial charge in [-0.3, -0.25) is 9.97 Å². The summed E-state index contributed by atoms with van der Waals surface area (Å²) in [4.78, 5) is 8.13. The SMILES string of the molecule is C=C(Cl)CNC(C)c1cnccn1. The number of rotatable bonds is 4. The predicted octanol–water partition coefficient (Wildman–Crippen LogP) is 1.88. The second-order valence-electron chi connectivity index (χ2n) is 2.75. The Kier molecular flexibility index (Phi) is 3.86. The zero-order valence-corrected chi connectivity index (χ0v) is 8.25. The molecule has 0 aliphatic rings. The van der Waals surface area contributed by atoms with Crippen LogP contribution >= 0.6 is 11.6 Å². The molecular formula is C9H12ClN3. The maximum atomic E-state index is 5.62. The van der Waals surface area contributed by atoms with Crippen molar-refractivity contribution in [2.24, 2.45) is 0 Å². The van der Waals surface area contributed by atoms with E-state index in [1.807, 2.05) is 6.92 Å². The summed E-state index contributed by atoms with van der Waals surface area (Å²) in [6.45, 7) is 6.17. The number of aromatic nitrogens is 2. The first kappa shape index (κ1) is 10.2. The molecule has 1 unspecified atom stereocenters. The smallest absolute Gasteiger partial charge is 0.0753 e. The minimum atomic E-state index is 0.143. The van der Waals surface area contributed by atoms with Gasteiger partial charge in [0, 0.05) is 36.2 Å². The first-order chi connectivity index (χ1) is 6.20. The van der Waals surface area contributed by atoms with Crippen molar-refractivity contribution in [1.29, 1.82) is 0 Å². The molecule has 13 heavy (non-hydrogen) atoms. The van der Waals surface area contributed by atoms with E-state index in [9.17, 15) is 0 Å². The molecular weight excluding hydrogens is 186 g/mol. The van der Waals surface area contributed by atoms with Crippen LogP contribution in [0.2, 0.25) is 0 Å². The number of hydrogen-bond donors (Lipinski definition) is 1. The number of nitrogens with one attached hydrogen (secondary N) is 1. The van der Waals surface area contributed by atoms with Crippen LogP contribution in [0.4, 0.5) is 0 Å². The third kappa shape index (κ3) is 3.53. The molecule has 70 valence electrons. The number of hydrogen-bond acceptors (Lipinski definition) is 3. The average Bonchev–Trinajstić information content (AvgIpc) is 2.15. The highest BCUT2D eigenvalue weighted by atomic mass is 35.5. The van der Waals surface area contributed by atoms with Crippen molar-refractivity contribution >= 4 is 11.6 Å². The van der Waals surface area contributed by atoms with Gasteiger partial charge < -0.3 is 5.32 Å². The van der Waals surface area contributed by atoms with Crippen molar-refractivity contribution in [3.63, 3.8) is 0 Å². The van der Waals surface area contributed by atoms with Crippen LogP contribution in [0.15, 0.2) is 30.2 Å². The summed E-state index contributed by atoms with van der Waals surface area (Å²) in [5.41, 5.74) is 0.903. The summed E-state index contributed by atoms with van der Waals surface area (Å²) < 4.78 is 0. The normalized spacial score (nSPS) is 12.5. The van der Waals surface area contributed by atoms with E-state index in [1.54, 1.807) is 18.6 Å². The van der Waals surface area contributed by atoms with E-state index in [0.717, 1.165) is 5.69 Å². The number of nitrogens with zero attached hydrogens (tertiary/aromatic N) is 2. The van der Waals surface area contributed by atoms with Crippen LogP contribution in [-0.4, -0.2) is 16.5 Å². The Morgan fingerprint density at radius 1 is 1.69 bits per heavy atom. The minimum absolute atomic E-state index is 0.143. The zero-order chi connectivity index (χ0) is 9.68. The molecule has 1 aromatic rings. The van der Waals surface area contributed by atoms with Gasteiger partial charge in [0.25, 0.3) is 0 Å². The summed E-state index contributed by atoms with van der Waals surface area (Å²) in [6, 6.07) is 0.143. The highest BCUT2D eigenvalue weighted by molar-refractivity contribution is 6.29. The van der Waals surface area contributed by atoms with Gasteiger partial charge in [-0.15, -0.1) is 0 Å². The predicted molar refractivity (Wildman–Crippen MR) is 53.4 cm³/mol. The molecule has 1 rings (SSSR count). The topological polar surface area (TPSA) is 37.8 Å². The molecule has 0 bridgehead atoms. The van der Waals surface area contributed by atoms with E-state index >= 15 is 0 Å². The van der Waals surface area contributed by atoms with E-state index in [0.29, 0.717) is 11.6 Å². The second kappa shape index (κ2) is 4.94. The summed E-state index contributed by atoms with van der Waals surface area (Å²) in [5.74, 6) is 0. The van der Waals surface area contributed by atoms with Crippen molar-refractivity contribution in [3.8, 4) is 0 Å². The van der Waals surface area contributed by atoms with E-state index in [4.69, 9.17) is 11.6 Å². The molecule has 1 atom stereocenters. The molecule has 0 aliphatic carbocycles. The van der Waals surface area contributed by atoms with Gasteiger partial charge in [-0.1, -0.05) is 18.2 Å². The maximum Gasteiger partial charge on any atom is 0.0753 e. The molecule has 4 heteroatoms. The zero-order valence-electron chi connectivity index (χ0n) is 7.50. The quantitative estimate of drug-likeness (QED) is 0.801. The Morgan fingerprint density at radius 3 is 3.00 bits per heavy atom. The lowest BCUT2D eigenvalue weighted by Gasteiger charge is -2.11. The van der Waals surface area contributed by atoms with Crippen molar-refractivity contribution < 1.29 is 0 Å². The minimum Gasteiger partial charge on any atom is -0.304 e. The van der Waals surface area contributed by atoms with Gasteiger partial charge in [-0.05, 0) is 6.92 Å². The molecule has 0 fully saturated rings. The van der Waals surface area contributed by atoms with E-state index in [1.165, 1.54) is 0 Å². The fraction of sp³-hybridized carbons (Fsp3) is 0.333. The molecule has 1 N–H and O–H groups in total. The highest BCUT2D eigenvalue weighted by Crippen LogP contribution is 2.07. The molecule has 1 aromatic heterocycles. The van der Waals surface area contributed by atoms with E-state index in [-0.39, 0.29) is 6.04 Å². The average molecular weight is 198 g/mol. The molecule has 1 heterocycles. The Morgan fingerprint density at radius 2 is 2.46 bits per heavy atom. The summed E-state index contributed by atoms with van der Waals surface area (Å²) in [6.07, 6.45) is 5.05. The number of halogens is 1. The Bertz CT molecular complexity index is 273. The Hall–Kier alpha value is -0.930. The van der Waals surface area contributed by atoms with Crippen LogP contribution in [0.1, 0.15) is 18.7 Å². The third-order valence-corrected chi connectivity index (χ3v) is 1.76. The molecule has 0 amide bonds. The van der Waals surface area contributed by atoms with Crippen molar-refractivity contribution in [2.45, 2.75) is 13.0 Å². The van der Waals surface area contributed by atoms with Crippen molar-refractivity contribution in [2.75, 3.05) is 6.54 Å². The Balaban J connectivity index is 2.49. The largest absolute Gasteiger partial charge is 0.304 e. The van der Waals surface area contributed by atoms with Gasteiger partial charge in [0.05, 0.1) is 5.69 Å². The lowest BCUT2D eigenvalue weighted by molar-refractivity contribution is 0.595. The summed E-state index contributed by atoms with van der Waals surface area (Å²) in [5, 5.41) is 3.76. The molecule has 0 aliphatic heterocycles. The van der Waals surface area contributed by atoms with Crippen LogP contribution < -0.4 is 5.32 Å². The van der Waals surface area contributed by atoms with Crippen LogP contribution in [0, 0.1) is 0 Å². The monoisotopic (exact) mass is 197 g/mol.